The van der Waals surface area contributed by atoms with Crippen molar-refractivity contribution in [1.82, 2.24) is 72.4 Å². The molecule has 131 heavy (non-hydrogen) atoms. The van der Waals surface area contributed by atoms with Crippen molar-refractivity contribution in [3.63, 3.8) is 0 Å². The monoisotopic (exact) mass is 1860 g/mol. The maximum Gasteiger partial charge on any atom is 0.410 e. The van der Waals surface area contributed by atoms with Crippen LogP contribution < -0.4 is 48.6 Å². The Bertz CT molecular complexity index is 3980. The maximum absolute atomic E-state index is 14.9. The fourth-order valence-corrected chi connectivity index (χ4v) is 16.6. The Morgan fingerprint density at radius 2 is 1.26 bits per heavy atom. The molecule has 0 aliphatic carbocycles. The van der Waals surface area contributed by atoms with Crippen molar-refractivity contribution in [3.8, 4) is 0 Å². The Morgan fingerprint density at radius 3 is 1.87 bits per heavy atom. The fourth-order valence-electron chi connectivity index (χ4n) is 15.7. The minimum Gasteiger partial charge on any atom is -0.445 e. The second-order valence-electron chi connectivity index (χ2n) is 34.4. The van der Waals surface area contributed by atoms with E-state index < -0.39 is 126 Å². The predicted molar refractivity (Wildman–Crippen MR) is 493 cm³/mol. The van der Waals surface area contributed by atoms with Crippen molar-refractivity contribution in [2.75, 3.05) is 138 Å². The lowest BCUT2D eigenvalue weighted by Crippen LogP contribution is -2.60. The van der Waals surface area contributed by atoms with Crippen LogP contribution >= 0.6 is 11.8 Å². The van der Waals surface area contributed by atoms with Gasteiger partial charge in [-0.3, -0.25) is 77.1 Å². The summed E-state index contributed by atoms with van der Waals surface area (Å²) in [4.78, 5) is 193. The van der Waals surface area contributed by atoms with Gasteiger partial charge in [-0.05, 0) is 85.8 Å². The summed E-state index contributed by atoms with van der Waals surface area (Å²) in [5.74, 6) is -5.51. The molecule has 1 saturated heterocycles. The number of aliphatic hydroxyl groups is 1. The molecule has 3 aliphatic heterocycles. The Balaban J connectivity index is 0.974. The van der Waals surface area contributed by atoms with E-state index in [1.165, 1.54) is 50.1 Å². The van der Waals surface area contributed by atoms with Crippen LogP contribution in [0.3, 0.4) is 0 Å². The molecule has 38 heteroatoms. The average Bonchev–Trinajstić information content (AvgIpc) is 1.79. The number of likely N-dealkylation sites (tertiary alicyclic amines) is 1. The molecule has 3 aliphatic rings. The Labute approximate surface area is 777 Å². The number of primary amides is 1. The molecule has 734 valence electrons. The number of ether oxygens (including phenoxy) is 7. The summed E-state index contributed by atoms with van der Waals surface area (Å²) in [6, 6.07) is 9.99. The van der Waals surface area contributed by atoms with Crippen LogP contribution in [0.5, 0.6) is 0 Å². The summed E-state index contributed by atoms with van der Waals surface area (Å²) in [5, 5.41) is 30.0. The minimum atomic E-state index is -1.09. The van der Waals surface area contributed by atoms with Crippen LogP contribution in [0.2, 0.25) is 0 Å². The Hall–Kier alpha value is -9.67. The van der Waals surface area contributed by atoms with E-state index in [0.29, 0.717) is 152 Å². The Kier molecular flexibility index (Phi) is 51.6. The molecule has 13 amide bonds. The van der Waals surface area contributed by atoms with Gasteiger partial charge in [-0.1, -0.05) is 137 Å². The van der Waals surface area contributed by atoms with Gasteiger partial charge < -0.3 is 96.0 Å². The number of nitrogens with one attached hydrogen (secondary N) is 8. The van der Waals surface area contributed by atoms with Crippen molar-refractivity contribution in [2.45, 2.75) is 240 Å². The van der Waals surface area contributed by atoms with E-state index in [0.717, 1.165) is 10.6 Å². The first kappa shape index (κ1) is 112. The fraction of sp³-hybridized carbons (Fsp3) is 0.677. The topological polar surface area (TPSA) is 466 Å². The molecule has 12 atom stereocenters. The highest BCUT2D eigenvalue weighted by atomic mass is 32.2. The van der Waals surface area contributed by atoms with E-state index >= 15 is 0 Å². The normalized spacial score (nSPS) is 16.3. The minimum absolute atomic E-state index is 0.0276. The summed E-state index contributed by atoms with van der Waals surface area (Å²) in [6.07, 6.45) is 5.90. The van der Waals surface area contributed by atoms with Gasteiger partial charge in [-0.15, -0.1) is 5.53 Å². The van der Waals surface area contributed by atoms with Gasteiger partial charge in [-0.25, -0.2) is 4.79 Å². The number of hydrazine groups is 2. The summed E-state index contributed by atoms with van der Waals surface area (Å²) in [6.45, 7) is 24.4. The van der Waals surface area contributed by atoms with Gasteiger partial charge in [0.15, 0.2) is 5.78 Å². The third-order valence-corrected chi connectivity index (χ3v) is 24.4. The number of rotatable bonds is 66. The number of carbonyl (C=O) groups excluding carboxylic acids is 14. The van der Waals surface area contributed by atoms with E-state index in [9.17, 15) is 72.2 Å². The standard InChI is InChI=1S/C93H149N15O22S/c1-16-64(9)86(74(124-14)58-82(117)107-42-24-29-72(107)88(125-15)65(10)89(119)97-66(11)87(118)69-25-19-18-20-26-69)103(12)92(122)84(62(5)6)100-91(121)85(63(7)8)104(13)93(123)130-60-68-34-32-67(33-35-68)57-73(109)71(28-21-22-30-75(94)110)98-90(120)83(61(3)4)99-78(113)38-47-126-49-51-128-53-54-129-52-50-127-48-45-106-59-70(101-102-106)27-23-31-76(111)95-40-43-105(79(114)17-2)46-56-131-55-39-77(112)96-41-44-108-80(115)36-37-81(108)116/h18-20,25-26,32-37,59,61-66,71-72,74,83-88,101-102,118H,16-17,21-24,27-31,38-58,60H2,1-15H3,(H2,94,110)(H,95,111)(H,96,112)(H,97,119)(H,98,120)(H,99,113)(H,100,121)/t64-,65+,66+,71?,72-,74+,83-,84-,85-,86-,87+,88+/m1/s1. The molecule has 3 heterocycles. The first-order chi connectivity index (χ1) is 62.5. The van der Waals surface area contributed by atoms with Crippen molar-refractivity contribution in [3.05, 3.63) is 95.3 Å². The molecular weight excluding hydrogens is 1710 g/mol. The summed E-state index contributed by atoms with van der Waals surface area (Å²) >= 11 is 1.53. The highest BCUT2D eigenvalue weighted by Crippen LogP contribution is 2.31. The molecule has 1 unspecified atom stereocenters. The number of benzene rings is 2. The quantitative estimate of drug-likeness (QED) is 0.0317. The number of ketones is 1. The molecule has 2 aromatic carbocycles. The van der Waals surface area contributed by atoms with Crippen LogP contribution in [-0.4, -0.2) is 310 Å². The highest BCUT2D eigenvalue weighted by Gasteiger charge is 2.45. The van der Waals surface area contributed by atoms with Crippen LogP contribution in [0.15, 0.2) is 78.6 Å². The number of Topliss-reactive ketones (excluding diaryl/α,β-unsaturated/α-hetero) is 1. The van der Waals surface area contributed by atoms with Crippen molar-refractivity contribution < 1.29 is 105 Å². The number of aliphatic hydroxyl groups excluding tert-OH is 1. The SMILES string of the molecule is CCC(=O)N(CCNC(=O)CCCC1=CN(CCOCCOCCOCCOCCC(=O)N[C@@H](C(=O)NC(CCCCC(N)=O)C(=O)Cc2ccc(COC(=O)N(C)[C@@H](C(=O)N[C@@H](C(=O)N(C)[C@H]([C@H](C)CC)[C@H](CC(=O)N3CCC[C@@H]3[C@@H](OC)[C@H](C)C(=O)N[C@@H](C)[C@H](O)c3ccccc3)OC)C(C)C)C(C)C)cc2)C(C)C)NN1)CCSCCC(=O)NCCN1C(=O)C=CC1=O. The van der Waals surface area contributed by atoms with Gasteiger partial charge in [0.2, 0.25) is 59.1 Å². The van der Waals surface area contributed by atoms with E-state index in [1.807, 2.05) is 43.3 Å². The number of carbonyl (C=O) groups is 14. The van der Waals surface area contributed by atoms with E-state index in [2.05, 4.69) is 42.9 Å². The van der Waals surface area contributed by atoms with Gasteiger partial charge in [0.05, 0.1) is 114 Å². The molecule has 11 N–H and O–H groups in total. The number of unbranched alkanes of at least 4 members (excludes halogenated alkanes) is 1. The highest BCUT2D eigenvalue weighted by molar-refractivity contribution is 7.99. The molecule has 1 fully saturated rings. The van der Waals surface area contributed by atoms with Gasteiger partial charge in [0, 0.05) is 142 Å². The van der Waals surface area contributed by atoms with Gasteiger partial charge >= 0.3 is 6.09 Å². The lowest BCUT2D eigenvalue weighted by atomic mass is 9.89. The second kappa shape index (κ2) is 60.5. The largest absolute Gasteiger partial charge is 0.445 e. The zero-order valence-corrected chi connectivity index (χ0v) is 80.4. The molecule has 2 aromatic rings. The molecule has 0 aromatic heterocycles. The average molecular weight is 1860 g/mol. The second-order valence-corrected chi connectivity index (χ2v) is 35.7. The van der Waals surface area contributed by atoms with Crippen LogP contribution in [0.25, 0.3) is 0 Å². The number of hydrogen-bond acceptors (Lipinski definition) is 26. The zero-order valence-electron chi connectivity index (χ0n) is 79.6. The van der Waals surface area contributed by atoms with E-state index in [-0.39, 0.29) is 125 Å². The van der Waals surface area contributed by atoms with Gasteiger partial charge in [0.1, 0.15) is 24.7 Å². The molecule has 0 radical (unpaired) electrons. The number of thioether (sulfide) groups is 1. The number of nitrogens with zero attached hydrogens (tertiary/aromatic N) is 6. The predicted octanol–water partition coefficient (Wildman–Crippen LogP) is 4.67. The number of imide groups is 1. The van der Waals surface area contributed by atoms with Gasteiger partial charge in [-0.2, -0.15) is 11.8 Å². The Morgan fingerprint density at radius 1 is 0.634 bits per heavy atom. The molecular formula is C93H149N15O22S. The third kappa shape index (κ3) is 39.2. The smallest absolute Gasteiger partial charge is 0.410 e. The molecule has 5 rings (SSSR count). The number of nitrogens with two attached hydrogens (primary N) is 1. The molecule has 0 saturated carbocycles. The van der Waals surface area contributed by atoms with Crippen LogP contribution in [0.4, 0.5) is 4.79 Å². The van der Waals surface area contributed by atoms with Crippen molar-refractivity contribution >= 4 is 94.5 Å². The van der Waals surface area contributed by atoms with Crippen molar-refractivity contribution in [2.24, 2.45) is 35.3 Å². The van der Waals surface area contributed by atoms with E-state index in [1.54, 1.807) is 120 Å². The van der Waals surface area contributed by atoms with Crippen molar-refractivity contribution in [1.29, 1.82) is 0 Å². The number of methoxy groups -OCH3 is 2. The third-order valence-electron chi connectivity index (χ3n) is 23.5. The summed E-state index contributed by atoms with van der Waals surface area (Å²) in [7, 11) is 6.10. The lowest BCUT2D eigenvalue weighted by molar-refractivity contribution is -0.148. The lowest BCUT2D eigenvalue weighted by Gasteiger charge is -2.41. The zero-order chi connectivity index (χ0) is 96.7. The summed E-state index contributed by atoms with van der Waals surface area (Å²) in [5.41, 5.74) is 14.3. The number of allylic oxidation sites excluding steroid dienone is 1. The van der Waals surface area contributed by atoms with Crippen LogP contribution in [0.1, 0.15) is 189 Å². The van der Waals surface area contributed by atoms with Crippen LogP contribution in [0, 0.1) is 29.6 Å². The first-order valence-electron chi connectivity index (χ1n) is 46.1. The molecule has 0 bridgehead atoms. The summed E-state index contributed by atoms with van der Waals surface area (Å²) < 4.78 is 40.5. The molecule has 0 spiro atoms. The number of likely N-dealkylation sites (N-methyl/N-ethyl adjacent to an activating group) is 2. The number of amides is 13. The van der Waals surface area contributed by atoms with Crippen LogP contribution in [-0.2, 0) is 109 Å². The molecule has 37 nitrogen and oxygen atoms in total. The first-order valence-corrected chi connectivity index (χ1v) is 47.3. The van der Waals surface area contributed by atoms with E-state index in [4.69, 9.17) is 38.9 Å². The van der Waals surface area contributed by atoms with Gasteiger partial charge in [0.25, 0.3) is 11.8 Å². The maximum atomic E-state index is 14.9. The number of hydrogen-bond donors (Lipinski definition) is 10.